The predicted molar refractivity (Wildman–Crippen MR) is 113 cm³/mol. The molecule has 5 N–H and O–H groups in total. The smallest absolute Gasteiger partial charge is 1.00 e. The third-order valence-electron chi connectivity index (χ3n) is 3.73. The summed E-state index contributed by atoms with van der Waals surface area (Å²) in [4.78, 5) is 46.7. The Hall–Kier alpha value is -2.31. The summed E-state index contributed by atoms with van der Waals surface area (Å²) < 4.78 is 31.7. The number of rotatable bonds is 7. The van der Waals surface area contributed by atoms with Gasteiger partial charge < -0.3 is 17.3 Å². The molecule has 0 saturated carbocycles. The van der Waals surface area contributed by atoms with Crippen LogP contribution in [0.25, 0.3) is 0 Å². The molecule has 0 bridgehead atoms. The maximum atomic E-state index is 12.4. The van der Waals surface area contributed by atoms with Crippen molar-refractivity contribution >= 4 is 67.6 Å². The quantitative estimate of drug-likeness (QED) is 0.125. The summed E-state index contributed by atoms with van der Waals surface area (Å²) in [5.41, 5.74) is 5.48. The average Bonchev–Trinajstić information content (AvgIpc) is 3.29. The number of aryl methyl sites for hydroxylation is 1. The Labute approximate surface area is 213 Å². The molecule has 3 heterocycles. The van der Waals surface area contributed by atoms with Crippen molar-refractivity contribution in [2.24, 2.45) is 5.16 Å². The fourth-order valence-corrected chi connectivity index (χ4v) is 4.26. The van der Waals surface area contributed by atoms with Crippen molar-refractivity contribution in [2.45, 2.75) is 13.0 Å². The van der Waals surface area contributed by atoms with Crippen LogP contribution in [0.5, 0.6) is 0 Å². The zero-order chi connectivity index (χ0) is 22.8. The standard InChI is InChI=1S/C14H16N8O6S3.Na.H/c1-6-3-9(19-30-6)20-31(26,27)21-14(25)22-4-7(12(22)24)16-11(23)10(18-28-2)8-5-29-13(15)17-8;;/h3,5,7H,4H2,1-2H3,(H2,15,17)(H,16,23)(H,19,20)(H,21,25);;/q;+1;-1/b18-10-;;/t7-;;/m0../s1. The van der Waals surface area contributed by atoms with Gasteiger partial charge in [-0.1, -0.05) is 5.16 Å². The number of oxime groups is 1. The normalized spacial score (nSPS) is 15.9. The largest absolute Gasteiger partial charge is 1.00 e. The van der Waals surface area contributed by atoms with Gasteiger partial charge in [0.15, 0.2) is 16.7 Å². The molecule has 1 aliphatic heterocycles. The summed E-state index contributed by atoms with van der Waals surface area (Å²) in [7, 11) is -3.07. The van der Waals surface area contributed by atoms with Crippen LogP contribution in [-0.2, 0) is 24.6 Å². The maximum Gasteiger partial charge on any atom is 1.00 e. The number of aromatic nitrogens is 2. The Bertz CT molecular complexity index is 1170. The number of nitrogens with zero attached hydrogens (tertiary/aromatic N) is 4. The number of nitrogens with one attached hydrogen (secondary N) is 3. The Morgan fingerprint density at radius 2 is 2.16 bits per heavy atom. The summed E-state index contributed by atoms with van der Waals surface area (Å²) in [6.45, 7) is 1.48. The van der Waals surface area contributed by atoms with Crippen LogP contribution in [0.1, 0.15) is 12.0 Å². The van der Waals surface area contributed by atoms with E-state index in [1.807, 2.05) is 0 Å². The molecule has 0 spiro atoms. The minimum Gasteiger partial charge on any atom is -1.00 e. The number of carbonyl (C=O) groups excluding carboxylic acids is 3. The Balaban J connectivity index is 0.00000272. The van der Waals surface area contributed by atoms with Gasteiger partial charge >= 0.3 is 45.8 Å². The van der Waals surface area contributed by atoms with Crippen LogP contribution in [0.3, 0.4) is 0 Å². The van der Waals surface area contributed by atoms with E-state index in [-0.39, 0.29) is 59.9 Å². The molecule has 4 amide bonds. The first kappa shape index (κ1) is 25.9. The van der Waals surface area contributed by atoms with Gasteiger partial charge in [0.1, 0.15) is 18.8 Å². The minimum atomic E-state index is -4.30. The maximum absolute atomic E-state index is 12.4. The zero-order valence-corrected chi connectivity index (χ0v) is 21.4. The van der Waals surface area contributed by atoms with Crippen LogP contribution in [0.15, 0.2) is 16.6 Å². The molecule has 0 unspecified atom stereocenters. The molecule has 168 valence electrons. The van der Waals surface area contributed by atoms with Crippen LogP contribution >= 0.6 is 22.9 Å². The molecule has 2 aromatic heterocycles. The molecule has 0 aromatic carbocycles. The van der Waals surface area contributed by atoms with Crippen LogP contribution in [0.4, 0.5) is 15.7 Å². The number of β-lactam (4-membered cyclic amide) rings is 1. The third kappa shape index (κ3) is 6.14. The van der Waals surface area contributed by atoms with Crippen LogP contribution in [0, 0.1) is 6.92 Å². The zero-order valence-electron chi connectivity index (χ0n) is 18.0. The van der Waals surface area contributed by atoms with E-state index >= 15 is 0 Å². The van der Waals surface area contributed by atoms with Gasteiger partial charge in [0, 0.05) is 10.3 Å². The number of nitrogen functional groups attached to an aromatic ring is 1. The van der Waals surface area contributed by atoms with Crippen LogP contribution < -0.4 is 50.1 Å². The van der Waals surface area contributed by atoms with Crippen molar-refractivity contribution in [1.82, 2.24) is 24.3 Å². The molecule has 1 fully saturated rings. The molecule has 18 heteroatoms. The van der Waals surface area contributed by atoms with Gasteiger partial charge in [0.05, 0.1) is 6.54 Å². The molecule has 0 aliphatic carbocycles. The molecule has 14 nitrogen and oxygen atoms in total. The van der Waals surface area contributed by atoms with Crippen molar-refractivity contribution in [2.75, 3.05) is 24.1 Å². The molecule has 0 radical (unpaired) electrons. The van der Waals surface area contributed by atoms with E-state index in [9.17, 15) is 22.8 Å². The third-order valence-corrected chi connectivity index (χ3v) is 6.02. The molecular formula is C14H17N8NaO6S3. The van der Waals surface area contributed by atoms with Crippen molar-refractivity contribution in [1.29, 1.82) is 0 Å². The van der Waals surface area contributed by atoms with E-state index in [4.69, 9.17) is 5.73 Å². The number of imide groups is 1. The van der Waals surface area contributed by atoms with Crippen molar-refractivity contribution in [3.63, 3.8) is 0 Å². The topological polar surface area (TPSA) is 198 Å². The number of hydrogen-bond donors (Lipinski definition) is 4. The fourth-order valence-electron chi connectivity index (χ4n) is 2.38. The monoisotopic (exact) mass is 512 g/mol. The SMILES string of the molecule is CO/N=C(\C(=O)N[C@H]1CN(C(=O)NS(=O)(=O)Nc2cc(C)sn2)C1=O)c1csc(N)n1.[H-].[Na+]. The van der Waals surface area contributed by atoms with Gasteiger partial charge in [-0.25, -0.2) is 19.2 Å². The number of anilines is 2. The number of likely N-dealkylation sites (tertiary alicyclic amines) is 1. The number of carbonyl (C=O) groups is 3. The van der Waals surface area contributed by atoms with Crippen molar-refractivity contribution < 1.29 is 58.6 Å². The van der Waals surface area contributed by atoms with Gasteiger partial charge in [-0.05, 0) is 24.5 Å². The summed E-state index contributed by atoms with van der Waals surface area (Å²) in [6, 6.07) is -0.759. The predicted octanol–water partition coefficient (Wildman–Crippen LogP) is -3.65. The van der Waals surface area contributed by atoms with Gasteiger partial charge in [-0.2, -0.15) is 12.8 Å². The van der Waals surface area contributed by atoms with Gasteiger partial charge in [0.25, 0.3) is 11.8 Å². The summed E-state index contributed by atoms with van der Waals surface area (Å²) >= 11 is 2.16. The van der Waals surface area contributed by atoms with Gasteiger partial charge in [-0.3, -0.25) is 14.5 Å². The summed E-state index contributed by atoms with van der Waals surface area (Å²) in [5.74, 6) is -1.55. The first-order valence-electron chi connectivity index (χ1n) is 8.32. The minimum absolute atomic E-state index is 0. The van der Waals surface area contributed by atoms with Crippen molar-refractivity contribution in [3.8, 4) is 0 Å². The number of nitrogens with two attached hydrogens (primary N) is 1. The number of thiazole rings is 1. The molecular weight excluding hydrogens is 495 g/mol. The molecule has 2 aromatic rings. The number of amides is 4. The second kappa shape index (κ2) is 10.5. The fraction of sp³-hybridized carbons (Fsp3) is 0.286. The van der Waals surface area contributed by atoms with E-state index in [1.165, 1.54) is 18.6 Å². The second-order valence-corrected chi connectivity index (χ2v) is 9.32. The number of urea groups is 1. The summed E-state index contributed by atoms with van der Waals surface area (Å²) in [5, 5.41) is 7.65. The van der Waals surface area contributed by atoms with E-state index in [2.05, 4.69) is 29.4 Å². The van der Waals surface area contributed by atoms with Crippen LogP contribution in [0.2, 0.25) is 0 Å². The molecule has 1 saturated heterocycles. The van der Waals surface area contributed by atoms with E-state index < -0.39 is 34.1 Å². The first-order valence-corrected chi connectivity index (χ1v) is 11.5. The molecule has 32 heavy (non-hydrogen) atoms. The Kier molecular flexibility index (Phi) is 8.54. The van der Waals surface area contributed by atoms with Gasteiger partial charge in [-0.15, -0.1) is 11.3 Å². The van der Waals surface area contributed by atoms with Crippen LogP contribution in [-0.4, -0.2) is 65.9 Å². The molecule has 1 atom stereocenters. The van der Waals surface area contributed by atoms with Gasteiger partial charge in [0.2, 0.25) is 0 Å². The first-order chi connectivity index (χ1) is 14.6. The Morgan fingerprint density at radius 3 is 2.69 bits per heavy atom. The number of hydrogen-bond acceptors (Lipinski definition) is 12. The summed E-state index contributed by atoms with van der Waals surface area (Å²) in [6.07, 6.45) is 0. The van der Waals surface area contributed by atoms with E-state index in [0.29, 0.717) is 4.90 Å². The van der Waals surface area contributed by atoms with E-state index in [0.717, 1.165) is 27.7 Å². The second-order valence-electron chi connectivity index (χ2n) is 6.00. The average molecular weight is 513 g/mol. The van der Waals surface area contributed by atoms with Crippen molar-refractivity contribution in [3.05, 3.63) is 22.0 Å². The van der Waals surface area contributed by atoms with E-state index in [1.54, 1.807) is 11.6 Å². The molecule has 1 aliphatic rings. The Morgan fingerprint density at radius 1 is 1.44 bits per heavy atom. The molecule has 3 rings (SSSR count).